The van der Waals surface area contributed by atoms with Gasteiger partial charge in [-0.2, -0.15) is 4.31 Å². The number of rotatable bonds is 3. The van der Waals surface area contributed by atoms with Gasteiger partial charge in [-0.15, -0.1) is 0 Å². The molecule has 1 aliphatic rings. The molecule has 4 nitrogen and oxygen atoms in total. The van der Waals surface area contributed by atoms with E-state index in [2.05, 4.69) is 11.8 Å². The molecule has 1 aliphatic heterocycles. The molecule has 0 spiro atoms. The van der Waals surface area contributed by atoms with Gasteiger partial charge < -0.3 is 5.11 Å². The predicted molar refractivity (Wildman–Crippen MR) is 77.6 cm³/mol. The normalized spacial score (nSPS) is 16.3. The summed E-state index contributed by atoms with van der Waals surface area (Å²) in [6.45, 7) is 0.864. The Morgan fingerprint density at radius 2 is 1.95 bits per heavy atom. The Bertz CT molecular complexity index is 655. The quantitative estimate of drug-likeness (QED) is 0.865. The second kappa shape index (κ2) is 7.03. The largest absolute Gasteiger partial charge is 0.395 e. The highest BCUT2D eigenvalue weighted by atomic mass is 32.2. The molecule has 21 heavy (non-hydrogen) atoms. The zero-order valence-corrected chi connectivity index (χ0v) is 12.5. The zero-order valence-electron chi connectivity index (χ0n) is 11.7. The van der Waals surface area contributed by atoms with E-state index in [9.17, 15) is 12.8 Å². The van der Waals surface area contributed by atoms with Gasteiger partial charge in [0.05, 0.1) is 11.5 Å². The summed E-state index contributed by atoms with van der Waals surface area (Å²) in [7, 11) is -3.64. The first-order valence-corrected chi connectivity index (χ1v) is 8.39. The Hall–Kier alpha value is -1.42. The monoisotopic (exact) mass is 311 g/mol. The van der Waals surface area contributed by atoms with Crippen LogP contribution in [0.5, 0.6) is 0 Å². The molecule has 0 aromatic heterocycles. The highest BCUT2D eigenvalue weighted by molar-refractivity contribution is 7.89. The minimum atomic E-state index is -3.64. The van der Waals surface area contributed by atoms with E-state index in [4.69, 9.17) is 5.11 Å². The van der Waals surface area contributed by atoms with Crippen molar-refractivity contribution in [3.63, 3.8) is 0 Å². The summed E-state index contributed by atoms with van der Waals surface area (Å²) < 4.78 is 40.1. The van der Waals surface area contributed by atoms with Crippen LogP contribution in [-0.4, -0.2) is 37.5 Å². The average Bonchev–Trinajstić information content (AvgIpc) is 2.48. The van der Waals surface area contributed by atoms with Crippen LogP contribution < -0.4 is 0 Å². The van der Waals surface area contributed by atoms with E-state index in [-0.39, 0.29) is 23.5 Å². The summed E-state index contributed by atoms with van der Waals surface area (Å²) in [6.07, 6.45) is 2.93. The molecule has 6 heteroatoms. The lowest BCUT2D eigenvalue weighted by atomic mass is 10.2. The van der Waals surface area contributed by atoms with Crippen molar-refractivity contribution in [2.45, 2.75) is 30.6 Å². The molecule has 0 saturated carbocycles. The van der Waals surface area contributed by atoms with Gasteiger partial charge in [0.1, 0.15) is 5.82 Å². The van der Waals surface area contributed by atoms with Crippen molar-refractivity contribution in [3.05, 3.63) is 29.6 Å². The summed E-state index contributed by atoms with van der Waals surface area (Å²) in [5.74, 6) is 4.76. The van der Waals surface area contributed by atoms with Gasteiger partial charge in [0.2, 0.25) is 10.0 Å². The number of halogens is 1. The molecular weight excluding hydrogens is 293 g/mol. The van der Waals surface area contributed by atoms with E-state index in [1.807, 2.05) is 0 Å². The maximum atomic E-state index is 13.4. The van der Waals surface area contributed by atoms with Gasteiger partial charge in [-0.1, -0.05) is 18.3 Å². The Kier molecular flexibility index (Phi) is 5.34. The number of benzene rings is 1. The van der Waals surface area contributed by atoms with Crippen molar-refractivity contribution in [2.24, 2.45) is 0 Å². The Labute approximate surface area is 124 Å². The number of aliphatic hydroxyl groups is 1. The van der Waals surface area contributed by atoms with E-state index in [1.165, 1.54) is 10.4 Å². The predicted octanol–water partition coefficient (Wildman–Crippen LogP) is 1.73. The summed E-state index contributed by atoms with van der Waals surface area (Å²) in [4.78, 5) is 0.0382. The summed E-state index contributed by atoms with van der Waals surface area (Å²) in [5, 5.41) is 8.73. The van der Waals surface area contributed by atoms with Gasteiger partial charge in [-0.3, -0.25) is 0 Å². The van der Waals surface area contributed by atoms with Crippen LogP contribution in [0.3, 0.4) is 0 Å². The van der Waals surface area contributed by atoms with Crippen LogP contribution in [0.1, 0.15) is 31.2 Å². The lowest BCUT2D eigenvalue weighted by molar-refractivity contribution is 0.305. The van der Waals surface area contributed by atoms with Gasteiger partial charge in [-0.25, -0.2) is 12.8 Å². The molecule has 2 rings (SSSR count). The number of aliphatic hydroxyl groups excluding tert-OH is 1. The van der Waals surface area contributed by atoms with E-state index < -0.39 is 15.8 Å². The summed E-state index contributed by atoms with van der Waals surface area (Å²) in [5.41, 5.74) is 0.147. The number of nitrogens with zero attached hydrogens (tertiary/aromatic N) is 1. The van der Waals surface area contributed by atoms with Crippen molar-refractivity contribution >= 4 is 10.0 Å². The molecule has 1 fully saturated rings. The van der Waals surface area contributed by atoms with Gasteiger partial charge in [0.25, 0.3) is 0 Å². The minimum absolute atomic E-state index is 0.0382. The minimum Gasteiger partial charge on any atom is -0.395 e. The molecule has 114 valence electrons. The second-order valence-corrected chi connectivity index (χ2v) is 6.79. The molecule has 0 unspecified atom stereocenters. The molecule has 1 aromatic rings. The molecule has 1 heterocycles. The third-order valence-electron chi connectivity index (χ3n) is 3.33. The zero-order chi connectivity index (χ0) is 15.3. The van der Waals surface area contributed by atoms with Crippen LogP contribution in [0.15, 0.2) is 23.1 Å². The molecule has 0 bridgehead atoms. The topological polar surface area (TPSA) is 57.6 Å². The Morgan fingerprint density at radius 3 is 2.62 bits per heavy atom. The van der Waals surface area contributed by atoms with E-state index in [0.717, 1.165) is 31.4 Å². The van der Waals surface area contributed by atoms with Crippen molar-refractivity contribution < 1.29 is 17.9 Å². The fourth-order valence-corrected chi connectivity index (χ4v) is 3.93. The molecule has 1 N–H and O–H groups in total. The average molecular weight is 311 g/mol. The van der Waals surface area contributed by atoms with E-state index in [0.29, 0.717) is 13.1 Å². The van der Waals surface area contributed by atoms with Crippen molar-refractivity contribution in [3.8, 4) is 11.8 Å². The number of sulfonamides is 1. The van der Waals surface area contributed by atoms with Crippen molar-refractivity contribution in [2.75, 3.05) is 19.7 Å². The van der Waals surface area contributed by atoms with Gasteiger partial charge in [0.15, 0.2) is 0 Å². The highest BCUT2D eigenvalue weighted by Crippen LogP contribution is 2.23. The van der Waals surface area contributed by atoms with Gasteiger partial charge >= 0.3 is 0 Å². The van der Waals surface area contributed by atoms with Crippen LogP contribution in [0.2, 0.25) is 0 Å². The fraction of sp³-hybridized carbons (Fsp3) is 0.467. The third-order valence-corrected chi connectivity index (χ3v) is 5.29. The molecule has 1 aromatic carbocycles. The molecule has 0 aliphatic carbocycles. The summed E-state index contributed by atoms with van der Waals surface area (Å²) >= 11 is 0. The lowest BCUT2D eigenvalue weighted by Crippen LogP contribution is -2.36. The maximum Gasteiger partial charge on any atom is 0.244 e. The van der Waals surface area contributed by atoms with Crippen LogP contribution >= 0.6 is 0 Å². The third kappa shape index (κ3) is 3.82. The smallest absolute Gasteiger partial charge is 0.244 e. The molecule has 0 atom stereocenters. The van der Waals surface area contributed by atoms with Gasteiger partial charge in [-0.05, 0) is 31.0 Å². The number of piperidine rings is 1. The SMILES string of the molecule is O=S(=O)(c1ccc(F)cc1C#CCCO)N1CCCCC1. The first-order chi connectivity index (χ1) is 10.1. The first kappa shape index (κ1) is 16.0. The number of hydrogen-bond acceptors (Lipinski definition) is 3. The van der Waals surface area contributed by atoms with Crippen molar-refractivity contribution in [1.82, 2.24) is 4.31 Å². The second-order valence-electron chi connectivity index (χ2n) is 4.88. The van der Waals surface area contributed by atoms with E-state index in [1.54, 1.807) is 0 Å². The van der Waals surface area contributed by atoms with E-state index >= 15 is 0 Å². The molecule has 0 amide bonds. The first-order valence-electron chi connectivity index (χ1n) is 6.95. The Balaban J connectivity index is 2.40. The highest BCUT2D eigenvalue weighted by Gasteiger charge is 2.27. The molecule has 1 saturated heterocycles. The molecular formula is C15H18FNO3S. The van der Waals surface area contributed by atoms with Crippen LogP contribution in [-0.2, 0) is 10.0 Å². The van der Waals surface area contributed by atoms with Crippen LogP contribution in [0, 0.1) is 17.7 Å². The number of hydrogen-bond donors (Lipinski definition) is 1. The van der Waals surface area contributed by atoms with Gasteiger partial charge in [0, 0.05) is 25.1 Å². The molecule has 0 radical (unpaired) electrons. The maximum absolute atomic E-state index is 13.4. The fourth-order valence-electron chi connectivity index (χ4n) is 2.28. The lowest BCUT2D eigenvalue weighted by Gasteiger charge is -2.26. The van der Waals surface area contributed by atoms with Crippen LogP contribution in [0.25, 0.3) is 0 Å². The van der Waals surface area contributed by atoms with Crippen molar-refractivity contribution in [1.29, 1.82) is 0 Å². The Morgan fingerprint density at radius 1 is 1.24 bits per heavy atom. The summed E-state index contributed by atoms with van der Waals surface area (Å²) in [6, 6.07) is 3.53. The van der Waals surface area contributed by atoms with Crippen LogP contribution in [0.4, 0.5) is 4.39 Å². The standard InChI is InChI=1S/C15H18FNO3S/c16-14-7-8-15(13(12-14)6-2-5-11-18)21(19,20)17-9-3-1-4-10-17/h7-8,12,18H,1,3-5,9-11H2.